The van der Waals surface area contributed by atoms with Crippen molar-refractivity contribution in [1.82, 2.24) is 55.6 Å². The van der Waals surface area contributed by atoms with E-state index in [1.54, 1.807) is 75.3 Å². The van der Waals surface area contributed by atoms with Crippen LogP contribution < -0.4 is 21.3 Å². The van der Waals surface area contributed by atoms with Crippen molar-refractivity contribution in [2.45, 2.75) is 268 Å². The van der Waals surface area contributed by atoms with Gasteiger partial charge in [0.15, 0.2) is 0 Å². The van der Waals surface area contributed by atoms with Crippen LogP contribution in [0.2, 0.25) is 0 Å². The quantitative estimate of drug-likeness (QED) is 0.0967. The van der Waals surface area contributed by atoms with Crippen molar-refractivity contribution in [3.8, 4) is 0 Å². The Hall–Kier alpha value is -6.17. The largest absolute Gasteiger partial charge is 0.390 e. The minimum atomic E-state index is -1.64. The summed E-state index contributed by atoms with van der Waals surface area (Å²) in [5, 5.41) is 34.2. The molecule has 0 saturated carbocycles. The first kappa shape index (κ1) is 83.8. The van der Waals surface area contributed by atoms with Gasteiger partial charge in [0.1, 0.15) is 66.5 Å². The van der Waals surface area contributed by atoms with Gasteiger partial charge in [-0.2, -0.15) is 0 Å². The average molecular weight is 1300 g/mol. The Bertz CT molecular complexity index is 2520. The second kappa shape index (κ2) is 37.7. The Balaban J connectivity index is 4.51. The number of allylic oxidation sites excluding steroid dienone is 2. The molecule has 0 aliphatic carbocycles. The van der Waals surface area contributed by atoms with Gasteiger partial charge in [-0.25, -0.2) is 0 Å². The summed E-state index contributed by atoms with van der Waals surface area (Å²) >= 11 is 0. The van der Waals surface area contributed by atoms with Gasteiger partial charge in [0.2, 0.25) is 65.0 Å². The average Bonchev–Trinajstić information content (AvgIpc) is 0.836. The molecule has 1 fully saturated rings. The van der Waals surface area contributed by atoms with Gasteiger partial charge in [-0.1, -0.05) is 109 Å². The van der Waals surface area contributed by atoms with Crippen LogP contribution in [-0.4, -0.2) is 237 Å². The van der Waals surface area contributed by atoms with E-state index < -0.39 is 167 Å². The zero-order chi connectivity index (χ0) is 71.5. The summed E-state index contributed by atoms with van der Waals surface area (Å²) in [5.74, 6) is -10.4. The molecule has 0 aromatic heterocycles. The molecule has 0 spiro atoms. The van der Waals surface area contributed by atoms with Gasteiger partial charge >= 0.3 is 0 Å². The predicted octanol–water partition coefficient (Wildman–Crippen LogP) is 4.58. The van der Waals surface area contributed by atoms with Crippen LogP contribution in [0.3, 0.4) is 0 Å². The van der Waals surface area contributed by atoms with Crippen molar-refractivity contribution in [2.75, 3.05) is 49.3 Å². The van der Waals surface area contributed by atoms with E-state index in [0.717, 1.165) is 9.80 Å². The first-order valence-electron chi connectivity index (χ1n) is 33.4. The van der Waals surface area contributed by atoms with Crippen LogP contribution in [0.4, 0.5) is 0 Å². The van der Waals surface area contributed by atoms with E-state index in [4.69, 9.17) is 0 Å². The van der Waals surface area contributed by atoms with Crippen LogP contribution in [0, 0.1) is 41.4 Å². The number of rotatable bonds is 19. The van der Waals surface area contributed by atoms with E-state index in [2.05, 4.69) is 21.3 Å². The highest BCUT2D eigenvalue weighted by atomic mass is 16.3. The van der Waals surface area contributed by atoms with Crippen LogP contribution >= 0.6 is 0 Å². The van der Waals surface area contributed by atoms with E-state index in [9.17, 15) is 39.0 Å². The molecule has 1 aliphatic rings. The summed E-state index contributed by atoms with van der Waals surface area (Å²) in [6.45, 7) is 32.9. The van der Waals surface area contributed by atoms with Crippen LogP contribution in [0.1, 0.15) is 189 Å². The Morgan fingerprint density at radius 1 is 0.478 bits per heavy atom. The molecule has 0 radical (unpaired) electrons. The van der Waals surface area contributed by atoms with Crippen LogP contribution in [0.5, 0.6) is 0 Å². The summed E-state index contributed by atoms with van der Waals surface area (Å²) in [6.07, 6.45) is 4.14. The molecular weight excluding hydrogens is 1180 g/mol. The number of carbonyl (C=O) groups excluding carboxylic acids is 11. The molecule has 1 saturated heterocycles. The van der Waals surface area contributed by atoms with Gasteiger partial charge in [0.05, 0.1) is 11.7 Å². The van der Waals surface area contributed by atoms with Gasteiger partial charge in [-0.05, 0) is 134 Å². The molecule has 24 nitrogen and oxygen atoms in total. The van der Waals surface area contributed by atoms with E-state index >= 15 is 24.0 Å². The highest BCUT2D eigenvalue weighted by Crippen LogP contribution is 2.27. The third-order valence-corrected chi connectivity index (χ3v) is 18.0. The zero-order valence-electron chi connectivity index (χ0n) is 61.0. The molecule has 24 heteroatoms. The van der Waals surface area contributed by atoms with Crippen molar-refractivity contribution >= 4 is 65.0 Å². The molecule has 11 amide bonds. The van der Waals surface area contributed by atoms with Crippen molar-refractivity contribution in [1.29, 1.82) is 0 Å². The molecule has 14 atom stereocenters. The summed E-state index contributed by atoms with van der Waals surface area (Å²) in [7, 11) is 9.92. The van der Waals surface area contributed by atoms with E-state index in [-0.39, 0.29) is 56.3 Å². The number of carbonyl (C=O) groups is 11. The zero-order valence-corrected chi connectivity index (χ0v) is 61.0. The van der Waals surface area contributed by atoms with Crippen molar-refractivity contribution in [2.24, 2.45) is 41.4 Å². The molecule has 1 heterocycles. The lowest BCUT2D eigenvalue weighted by Gasteiger charge is -2.41. The number of hydrogen-bond acceptors (Lipinski definition) is 13. The van der Waals surface area contributed by atoms with E-state index in [0.29, 0.717) is 19.3 Å². The van der Waals surface area contributed by atoms with Crippen molar-refractivity contribution < 1.29 is 63.0 Å². The van der Waals surface area contributed by atoms with Gasteiger partial charge < -0.3 is 65.8 Å². The molecule has 1 rings (SSSR count). The van der Waals surface area contributed by atoms with Crippen LogP contribution in [0.15, 0.2) is 12.2 Å². The van der Waals surface area contributed by atoms with Crippen LogP contribution in [-0.2, 0) is 52.7 Å². The fraction of sp³-hybridized carbons (Fsp3) is 0.809. The third-order valence-electron chi connectivity index (χ3n) is 18.0. The first-order chi connectivity index (χ1) is 42.3. The van der Waals surface area contributed by atoms with Crippen molar-refractivity contribution in [3.05, 3.63) is 12.2 Å². The molecule has 0 bridgehead atoms. The van der Waals surface area contributed by atoms with Gasteiger partial charge in [-0.15, -0.1) is 0 Å². The predicted molar refractivity (Wildman–Crippen MR) is 358 cm³/mol. The number of nitrogens with one attached hydrogen (secondary N) is 4. The topological polar surface area (TPSA) is 299 Å². The normalized spacial score (nSPS) is 27.1. The number of aliphatic hydroxyl groups is 2. The second-order valence-electron chi connectivity index (χ2n) is 28.8. The lowest BCUT2D eigenvalue weighted by molar-refractivity contribution is -0.157. The van der Waals surface area contributed by atoms with Gasteiger partial charge in [-0.3, -0.25) is 52.7 Å². The molecule has 0 aromatic carbocycles. The highest BCUT2D eigenvalue weighted by Gasteiger charge is 2.46. The molecule has 0 unspecified atom stereocenters. The van der Waals surface area contributed by atoms with Crippen LogP contribution in [0.25, 0.3) is 0 Å². The van der Waals surface area contributed by atoms with Crippen molar-refractivity contribution in [3.63, 3.8) is 0 Å². The summed E-state index contributed by atoms with van der Waals surface area (Å²) in [6, 6.07) is -14.0. The second-order valence-corrected chi connectivity index (χ2v) is 28.8. The van der Waals surface area contributed by atoms with Gasteiger partial charge in [0.25, 0.3) is 0 Å². The number of likely N-dealkylation sites (N-methyl/N-ethyl adjacent to an activating group) is 7. The number of hydrogen-bond donors (Lipinski definition) is 6. The Labute approximate surface area is 551 Å². The summed E-state index contributed by atoms with van der Waals surface area (Å²) < 4.78 is 0. The molecular formula is C68H123N11O13. The maximum atomic E-state index is 15.3. The maximum absolute atomic E-state index is 15.3. The minimum absolute atomic E-state index is 0.0582. The number of nitrogens with zero attached hydrogens (tertiary/aromatic N) is 7. The monoisotopic (exact) mass is 1300 g/mol. The Kier molecular flexibility index (Phi) is 34.3. The molecule has 528 valence electrons. The lowest BCUT2D eigenvalue weighted by atomic mass is 9.89. The standard InChI is InChI=1S/C68H123N11O13/c1-27-29-31-44(14)56(80)55-60(84)71-48(30-28-2)63(87)73(20)47(17)62(86)78(25)54(43(13)34-35-68(18,19)92)59(83)72-52(41(9)10)66(90)74(21)49(33-32-38(3)4)58(82)69-45(15)57(81)70-46(16)61(85)75(22)50(36-39(5)6)64(88)76(23)51(37-40(7)8)65(89)77(24)53(42(11)12)67(91)79(55)26/h27,29,38-56,80,92H,28,30-37H2,1-26H3,(H,69,82)(H,70,81)(H,71,84)(H,72,83)/b29-27+/t43-,44-,45+,46-,47-,48+,49+,50+,51+,52+,53+,54+,55+,56-/m1/s1. The minimum Gasteiger partial charge on any atom is -0.390 e. The fourth-order valence-electron chi connectivity index (χ4n) is 11.9. The molecule has 0 aromatic rings. The maximum Gasteiger partial charge on any atom is 0.246 e. The fourth-order valence-corrected chi connectivity index (χ4v) is 11.9. The smallest absolute Gasteiger partial charge is 0.246 e. The molecule has 1 aliphatic heterocycles. The van der Waals surface area contributed by atoms with Gasteiger partial charge in [0, 0.05) is 49.3 Å². The summed E-state index contributed by atoms with van der Waals surface area (Å²) in [4.78, 5) is 172. The first-order valence-corrected chi connectivity index (χ1v) is 33.4. The Morgan fingerprint density at radius 3 is 1.41 bits per heavy atom. The lowest BCUT2D eigenvalue weighted by Crippen LogP contribution is -2.64. The SMILES string of the molecule is C/C=C/C[C@@H](C)[C@@H](O)[C@H]1C(=O)N[C@@H](CCC)C(=O)N(C)[C@H](C)C(=O)N(C)[C@@H]([C@H](C)CCC(C)(C)O)C(=O)N[C@@H](C(C)C)C(=O)N(C)[C@@H](CCC(C)C)C(=O)N[C@@H](C)C(=O)N[C@H](C)C(=O)N(C)[C@@H](CC(C)C)C(=O)N(C)[C@@H](CC(C)C)C(=O)N(C)[C@@H](C(C)C)C(=O)N1C. The number of aliphatic hydroxyl groups excluding tert-OH is 1. The Morgan fingerprint density at radius 2 is 0.946 bits per heavy atom. The molecule has 92 heavy (non-hydrogen) atoms. The molecule has 6 N–H and O–H groups in total. The van der Waals surface area contributed by atoms with E-state index in [1.807, 2.05) is 47.6 Å². The van der Waals surface area contributed by atoms with E-state index in [1.165, 1.54) is 94.6 Å². The highest BCUT2D eigenvalue weighted by molar-refractivity contribution is 6.00. The summed E-state index contributed by atoms with van der Waals surface area (Å²) in [5.41, 5.74) is -1.17. The third kappa shape index (κ3) is 23.7. The number of amides is 11.